The number of aliphatic hydroxyl groups excluding tert-OH is 2. The summed E-state index contributed by atoms with van der Waals surface area (Å²) in [5.41, 5.74) is 0. The van der Waals surface area contributed by atoms with Gasteiger partial charge in [-0.05, 0) is 6.42 Å². The van der Waals surface area contributed by atoms with Gasteiger partial charge in [0.15, 0.2) is 0 Å². The molecule has 0 aromatic heterocycles. The predicted octanol–water partition coefficient (Wildman–Crippen LogP) is -1.44. The molecular weight excluding hydrogens is 200 g/mol. The van der Waals surface area contributed by atoms with Crippen LogP contribution in [0.15, 0.2) is 0 Å². The zero-order valence-corrected chi connectivity index (χ0v) is 7.87. The van der Waals surface area contributed by atoms with E-state index in [0.717, 1.165) is 0 Å². The van der Waals surface area contributed by atoms with Crippen LogP contribution in [0.25, 0.3) is 0 Å². The molecule has 2 N–H and O–H groups in total. The first-order chi connectivity index (χ1) is 6.16. The van der Waals surface area contributed by atoms with E-state index in [1.807, 2.05) is 0 Å². The lowest BCUT2D eigenvalue weighted by Gasteiger charge is -2.08. The summed E-state index contributed by atoms with van der Waals surface area (Å²) in [7, 11) is 0. The molecule has 0 fully saturated rings. The maximum atomic E-state index is 9.85. The van der Waals surface area contributed by atoms with Crippen molar-refractivity contribution in [3.8, 4) is 0 Å². The van der Waals surface area contributed by atoms with E-state index in [-0.39, 0.29) is 26.4 Å². The molecule has 2 atom stereocenters. The van der Waals surface area contributed by atoms with Crippen molar-refractivity contribution in [1.82, 2.24) is 0 Å². The number of hydrogen-bond donors (Lipinski definition) is 2. The van der Waals surface area contributed by atoms with Crippen LogP contribution in [0.3, 0.4) is 0 Å². The quantitative estimate of drug-likeness (QED) is 0.378. The third-order valence-electron chi connectivity index (χ3n) is 1.13. The first-order valence-corrected chi connectivity index (χ1v) is 4.76. The van der Waals surface area contributed by atoms with Gasteiger partial charge >= 0.3 is 0 Å². The van der Waals surface area contributed by atoms with Gasteiger partial charge in [-0.3, -0.25) is 0 Å². The lowest BCUT2D eigenvalue weighted by molar-refractivity contribution is 0.00364. The molecular formula is C6H13O6S-. The fourth-order valence-electron chi connectivity index (χ4n) is 0.560. The zero-order valence-electron chi connectivity index (χ0n) is 7.05. The zero-order chi connectivity index (χ0) is 10.1. The van der Waals surface area contributed by atoms with Gasteiger partial charge in [0.2, 0.25) is 0 Å². The smallest absolute Gasteiger partial charge is 0.100 e. The topological polar surface area (TPSA) is 99.1 Å². The Morgan fingerprint density at radius 3 is 2.69 bits per heavy atom. The fraction of sp³-hybridized carbons (Fsp3) is 1.00. The number of ether oxygens (including phenoxy) is 1. The van der Waals surface area contributed by atoms with Gasteiger partial charge in [-0.25, -0.2) is 4.21 Å². The predicted molar refractivity (Wildman–Crippen MR) is 43.4 cm³/mol. The minimum Gasteiger partial charge on any atom is -0.750 e. The molecule has 0 aliphatic carbocycles. The van der Waals surface area contributed by atoms with Crippen molar-refractivity contribution in [1.29, 1.82) is 0 Å². The number of aliphatic hydroxyl groups is 2. The number of hydrogen-bond acceptors (Lipinski definition) is 6. The van der Waals surface area contributed by atoms with E-state index < -0.39 is 17.5 Å². The highest BCUT2D eigenvalue weighted by molar-refractivity contribution is 7.74. The van der Waals surface area contributed by atoms with Crippen molar-refractivity contribution in [2.45, 2.75) is 12.5 Å². The monoisotopic (exact) mass is 213 g/mol. The van der Waals surface area contributed by atoms with E-state index in [2.05, 4.69) is 4.18 Å². The third kappa shape index (κ3) is 9.87. The molecule has 0 radical (unpaired) electrons. The summed E-state index contributed by atoms with van der Waals surface area (Å²) in [6.07, 6.45) is -0.457. The molecule has 0 amide bonds. The summed E-state index contributed by atoms with van der Waals surface area (Å²) in [5, 5.41) is 17.2. The second-order valence-electron chi connectivity index (χ2n) is 2.29. The van der Waals surface area contributed by atoms with E-state index in [1.54, 1.807) is 0 Å². The van der Waals surface area contributed by atoms with Gasteiger partial charge < -0.3 is 23.7 Å². The van der Waals surface area contributed by atoms with E-state index in [9.17, 15) is 8.76 Å². The summed E-state index contributed by atoms with van der Waals surface area (Å²) in [4.78, 5) is 0. The Labute approximate surface area is 79.0 Å². The minimum atomic E-state index is -2.48. The molecule has 0 saturated heterocycles. The highest BCUT2D eigenvalue weighted by Crippen LogP contribution is 1.89. The van der Waals surface area contributed by atoms with Crippen LogP contribution in [0.1, 0.15) is 6.42 Å². The van der Waals surface area contributed by atoms with Crippen LogP contribution in [0.5, 0.6) is 0 Å². The molecule has 13 heavy (non-hydrogen) atoms. The average molecular weight is 213 g/mol. The molecule has 0 rings (SSSR count). The maximum Gasteiger partial charge on any atom is 0.100 e. The SMILES string of the molecule is O=S([O-])OCCCOCC(O)CO. The molecule has 6 nitrogen and oxygen atoms in total. The Balaban J connectivity index is 3.04. The summed E-state index contributed by atoms with van der Waals surface area (Å²) in [6, 6.07) is 0. The van der Waals surface area contributed by atoms with Gasteiger partial charge in [0, 0.05) is 6.61 Å². The summed E-state index contributed by atoms with van der Waals surface area (Å²) >= 11 is -2.48. The molecule has 0 aliphatic heterocycles. The van der Waals surface area contributed by atoms with Crippen LogP contribution in [0.4, 0.5) is 0 Å². The average Bonchev–Trinajstić information content (AvgIpc) is 2.10. The Morgan fingerprint density at radius 2 is 2.15 bits per heavy atom. The van der Waals surface area contributed by atoms with E-state index in [4.69, 9.17) is 14.9 Å². The van der Waals surface area contributed by atoms with Crippen LogP contribution in [-0.2, 0) is 20.3 Å². The molecule has 0 heterocycles. The molecule has 7 heteroatoms. The van der Waals surface area contributed by atoms with E-state index >= 15 is 0 Å². The van der Waals surface area contributed by atoms with Crippen LogP contribution >= 0.6 is 0 Å². The minimum absolute atomic E-state index is 0.0387. The van der Waals surface area contributed by atoms with Gasteiger partial charge in [-0.1, -0.05) is 0 Å². The lowest BCUT2D eigenvalue weighted by atomic mass is 10.4. The molecule has 2 unspecified atom stereocenters. The van der Waals surface area contributed by atoms with Gasteiger partial charge in [0.1, 0.15) is 6.10 Å². The van der Waals surface area contributed by atoms with Crippen molar-refractivity contribution in [3.63, 3.8) is 0 Å². The first-order valence-electron chi connectivity index (χ1n) is 3.76. The first kappa shape index (κ1) is 12.9. The second-order valence-corrected chi connectivity index (χ2v) is 2.93. The molecule has 0 aromatic rings. The Hall–Kier alpha value is -0.0500. The van der Waals surface area contributed by atoms with Crippen molar-refractivity contribution < 1.29 is 27.9 Å². The lowest BCUT2D eigenvalue weighted by Crippen LogP contribution is -2.20. The highest BCUT2D eigenvalue weighted by Gasteiger charge is 2.00. The van der Waals surface area contributed by atoms with Crippen molar-refractivity contribution in [2.24, 2.45) is 0 Å². The Morgan fingerprint density at radius 1 is 1.46 bits per heavy atom. The normalized spacial score (nSPS) is 15.6. The Kier molecular flexibility index (Phi) is 8.51. The van der Waals surface area contributed by atoms with Crippen LogP contribution in [0.2, 0.25) is 0 Å². The van der Waals surface area contributed by atoms with Crippen molar-refractivity contribution in [2.75, 3.05) is 26.4 Å². The van der Waals surface area contributed by atoms with Crippen LogP contribution in [-0.4, -0.2) is 51.5 Å². The van der Waals surface area contributed by atoms with Gasteiger partial charge in [0.25, 0.3) is 0 Å². The van der Waals surface area contributed by atoms with Crippen molar-refractivity contribution in [3.05, 3.63) is 0 Å². The molecule has 0 aliphatic rings. The molecule has 0 saturated carbocycles. The fourth-order valence-corrected chi connectivity index (χ4v) is 0.814. The summed E-state index contributed by atoms with van der Waals surface area (Å²) < 4.78 is 28.8. The summed E-state index contributed by atoms with van der Waals surface area (Å²) in [6.45, 7) is 0.0393. The molecule has 0 spiro atoms. The van der Waals surface area contributed by atoms with Crippen molar-refractivity contribution >= 4 is 11.4 Å². The highest BCUT2D eigenvalue weighted by atomic mass is 32.2. The van der Waals surface area contributed by atoms with E-state index in [0.29, 0.717) is 6.42 Å². The van der Waals surface area contributed by atoms with Gasteiger partial charge in [-0.2, -0.15) is 0 Å². The van der Waals surface area contributed by atoms with Crippen LogP contribution in [0, 0.1) is 0 Å². The van der Waals surface area contributed by atoms with E-state index in [1.165, 1.54) is 0 Å². The van der Waals surface area contributed by atoms with Gasteiger partial charge in [0.05, 0.1) is 31.2 Å². The third-order valence-corrected chi connectivity index (χ3v) is 1.49. The Bertz CT molecular complexity index is 141. The van der Waals surface area contributed by atoms with Gasteiger partial charge in [-0.15, -0.1) is 0 Å². The van der Waals surface area contributed by atoms with Crippen LogP contribution < -0.4 is 0 Å². The summed E-state index contributed by atoms with van der Waals surface area (Å²) in [5.74, 6) is 0. The standard InChI is InChI=1S/C6H14O6S/c7-4-6(8)5-11-2-1-3-12-13(9)10/h6-8H,1-5H2,(H,9,10)/p-1. The molecule has 0 aromatic carbocycles. The largest absolute Gasteiger partial charge is 0.750 e. The number of rotatable bonds is 8. The molecule has 80 valence electrons. The molecule has 0 bridgehead atoms. The maximum absolute atomic E-state index is 9.85. The second kappa shape index (κ2) is 8.54.